The number of rotatable bonds is 3. The highest BCUT2D eigenvalue weighted by atomic mass is 79.9. The van der Waals surface area contributed by atoms with E-state index < -0.39 is 0 Å². The zero-order chi connectivity index (χ0) is 14.0. The van der Waals surface area contributed by atoms with E-state index in [1.165, 1.54) is 5.69 Å². The largest absolute Gasteiger partial charge is 0.378 e. The molecule has 2 aliphatic rings. The molecule has 1 saturated heterocycles. The highest BCUT2D eigenvalue weighted by molar-refractivity contribution is 9.10. The fourth-order valence-electron chi connectivity index (χ4n) is 2.92. The molecule has 0 amide bonds. The highest BCUT2D eigenvalue weighted by Crippen LogP contribution is 2.46. The summed E-state index contributed by atoms with van der Waals surface area (Å²) in [6.45, 7) is 3.37. The number of hydrogen-bond acceptors (Lipinski definition) is 4. The van der Waals surface area contributed by atoms with Gasteiger partial charge >= 0.3 is 0 Å². The summed E-state index contributed by atoms with van der Waals surface area (Å²) in [6.07, 6.45) is 4.73. The number of isocyanates is 1. The Labute approximate surface area is 127 Å². The molecule has 4 nitrogen and oxygen atoms in total. The average Bonchev–Trinajstić information content (AvgIpc) is 2.44. The van der Waals surface area contributed by atoms with E-state index in [4.69, 9.17) is 4.74 Å². The van der Waals surface area contributed by atoms with Gasteiger partial charge in [0.1, 0.15) is 0 Å². The second-order valence-corrected chi connectivity index (χ2v) is 6.21. The highest BCUT2D eigenvalue weighted by Gasteiger charge is 2.39. The molecular formula is C15H17BrN2O2. The van der Waals surface area contributed by atoms with Gasteiger partial charge in [-0.05, 0) is 52.9 Å². The molecule has 0 unspecified atom stereocenters. The Hall–Kier alpha value is -1.16. The minimum Gasteiger partial charge on any atom is -0.378 e. The Balaban J connectivity index is 1.89. The van der Waals surface area contributed by atoms with Crippen molar-refractivity contribution in [1.82, 2.24) is 0 Å². The van der Waals surface area contributed by atoms with E-state index in [1.54, 1.807) is 6.08 Å². The van der Waals surface area contributed by atoms with Crippen molar-refractivity contribution in [1.29, 1.82) is 0 Å². The van der Waals surface area contributed by atoms with Crippen molar-refractivity contribution in [2.75, 3.05) is 31.2 Å². The number of benzene rings is 1. The molecule has 0 N–H and O–H groups in total. The summed E-state index contributed by atoms with van der Waals surface area (Å²) >= 11 is 3.66. The number of morpholine rings is 1. The number of carbonyl (C=O) groups excluding carboxylic acids is 1. The third-order valence-electron chi connectivity index (χ3n) is 4.28. The summed E-state index contributed by atoms with van der Waals surface area (Å²) in [5.74, 6) is 0. The molecule has 3 rings (SSSR count). The SMILES string of the molecule is O=C=NC1(c2ccc(N3CCOCC3)c(Br)c2)CCC1. The van der Waals surface area contributed by atoms with E-state index in [0.717, 1.165) is 55.6 Å². The number of halogens is 1. The van der Waals surface area contributed by atoms with Crippen LogP contribution in [0.4, 0.5) is 5.69 Å². The lowest BCUT2D eigenvalue weighted by Gasteiger charge is -2.38. The molecule has 2 fully saturated rings. The van der Waals surface area contributed by atoms with Crippen molar-refractivity contribution < 1.29 is 9.53 Å². The molecule has 0 atom stereocenters. The fourth-order valence-corrected chi connectivity index (χ4v) is 3.55. The van der Waals surface area contributed by atoms with E-state index >= 15 is 0 Å². The Kier molecular flexibility index (Phi) is 3.92. The molecule has 1 saturated carbocycles. The second kappa shape index (κ2) is 5.68. The smallest absolute Gasteiger partial charge is 0.235 e. The number of ether oxygens (including phenoxy) is 1. The van der Waals surface area contributed by atoms with Gasteiger partial charge in [-0.3, -0.25) is 0 Å². The van der Waals surface area contributed by atoms with Crippen LogP contribution >= 0.6 is 15.9 Å². The van der Waals surface area contributed by atoms with Crippen LogP contribution in [0.1, 0.15) is 24.8 Å². The zero-order valence-corrected chi connectivity index (χ0v) is 12.9. The van der Waals surface area contributed by atoms with Gasteiger partial charge in [0.25, 0.3) is 0 Å². The monoisotopic (exact) mass is 336 g/mol. The summed E-state index contributed by atoms with van der Waals surface area (Å²) in [5, 5.41) is 0. The van der Waals surface area contributed by atoms with Crippen LogP contribution in [-0.2, 0) is 15.1 Å². The molecule has 1 aromatic rings. The molecule has 0 spiro atoms. The third-order valence-corrected chi connectivity index (χ3v) is 4.91. The first kappa shape index (κ1) is 13.8. The summed E-state index contributed by atoms with van der Waals surface area (Å²) in [5.41, 5.74) is 1.96. The first-order valence-electron chi connectivity index (χ1n) is 6.97. The number of aliphatic imine (C=N–C) groups is 1. The lowest BCUT2D eigenvalue weighted by molar-refractivity contribution is 0.122. The van der Waals surface area contributed by atoms with E-state index in [1.807, 2.05) is 0 Å². The van der Waals surface area contributed by atoms with Gasteiger partial charge < -0.3 is 9.64 Å². The van der Waals surface area contributed by atoms with Crippen LogP contribution in [0.5, 0.6) is 0 Å². The second-order valence-electron chi connectivity index (χ2n) is 5.35. The summed E-state index contributed by atoms with van der Waals surface area (Å²) < 4.78 is 6.44. The van der Waals surface area contributed by atoms with Crippen LogP contribution in [0.3, 0.4) is 0 Å². The Morgan fingerprint density at radius 2 is 2.05 bits per heavy atom. The minimum absolute atomic E-state index is 0.326. The Morgan fingerprint density at radius 1 is 1.30 bits per heavy atom. The minimum atomic E-state index is -0.326. The maximum absolute atomic E-state index is 10.7. The Bertz CT molecular complexity index is 545. The van der Waals surface area contributed by atoms with Gasteiger partial charge in [-0.25, -0.2) is 4.79 Å². The molecule has 0 radical (unpaired) electrons. The van der Waals surface area contributed by atoms with Crippen molar-refractivity contribution in [3.8, 4) is 0 Å². The molecule has 1 heterocycles. The van der Waals surface area contributed by atoms with Crippen LogP contribution in [0.2, 0.25) is 0 Å². The quantitative estimate of drug-likeness (QED) is 0.629. The molecule has 1 aliphatic carbocycles. The van der Waals surface area contributed by atoms with E-state index in [-0.39, 0.29) is 5.54 Å². The first-order chi connectivity index (χ1) is 9.75. The summed E-state index contributed by atoms with van der Waals surface area (Å²) in [6, 6.07) is 6.31. The van der Waals surface area contributed by atoms with Crippen molar-refractivity contribution in [2.24, 2.45) is 4.99 Å². The molecule has 106 valence electrons. The van der Waals surface area contributed by atoms with Gasteiger partial charge in [0.05, 0.1) is 24.4 Å². The Morgan fingerprint density at radius 3 is 2.60 bits per heavy atom. The normalized spacial score (nSPS) is 20.9. The maximum atomic E-state index is 10.7. The molecule has 1 aliphatic heterocycles. The average molecular weight is 337 g/mol. The third kappa shape index (κ3) is 2.41. The zero-order valence-electron chi connectivity index (χ0n) is 11.3. The van der Waals surface area contributed by atoms with Crippen molar-refractivity contribution >= 4 is 27.7 Å². The van der Waals surface area contributed by atoms with Crippen LogP contribution in [-0.4, -0.2) is 32.4 Å². The van der Waals surface area contributed by atoms with Gasteiger partial charge in [0.15, 0.2) is 0 Å². The molecular weight excluding hydrogens is 320 g/mol. The van der Waals surface area contributed by atoms with E-state index in [0.29, 0.717) is 0 Å². The molecule has 0 bridgehead atoms. The van der Waals surface area contributed by atoms with Crippen molar-refractivity contribution in [3.63, 3.8) is 0 Å². The van der Waals surface area contributed by atoms with Gasteiger partial charge in [-0.15, -0.1) is 0 Å². The molecule has 5 heteroatoms. The van der Waals surface area contributed by atoms with Gasteiger partial charge in [0, 0.05) is 17.6 Å². The summed E-state index contributed by atoms with van der Waals surface area (Å²) in [7, 11) is 0. The van der Waals surface area contributed by atoms with Crippen molar-refractivity contribution in [2.45, 2.75) is 24.8 Å². The molecule has 20 heavy (non-hydrogen) atoms. The van der Waals surface area contributed by atoms with E-state index in [2.05, 4.69) is 44.0 Å². The lowest BCUT2D eigenvalue weighted by atomic mass is 9.72. The number of hydrogen-bond donors (Lipinski definition) is 0. The summed E-state index contributed by atoms with van der Waals surface area (Å²) in [4.78, 5) is 17.0. The van der Waals surface area contributed by atoms with Crippen LogP contribution in [0.15, 0.2) is 27.7 Å². The molecule has 0 aromatic heterocycles. The topological polar surface area (TPSA) is 41.9 Å². The van der Waals surface area contributed by atoms with Gasteiger partial charge in [0.2, 0.25) is 6.08 Å². The number of anilines is 1. The first-order valence-corrected chi connectivity index (χ1v) is 7.76. The predicted molar refractivity (Wildman–Crippen MR) is 80.8 cm³/mol. The van der Waals surface area contributed by atoms with E-state index in [9.17, 15) is 4.79 Å². The van der Waals surface area contributed by atoms with Crippen molar-refractivity contribution in [3.05, 3.63) is 28.2 Å². The lowest BCUT2D eigenvalue weighted by Crippen LogP contribution is -2.36. The van der Waals surface area contributed by atoms with Gasteiger partial charge in [-0.1, -0.05) is 6.07 Å². The van der Waals surface area contributed by atoms with Gasteiger partial charge in [-0.2, -0.15) is 4.99 Å². The molecule has 1 aromatic carbocycles. The van der Waals surface area contributed by atoms with Crippen LogP contribution in [0.25, 0.3) is 0 Å². The predicted octanol–water partition coefficient (Wildman–Crippen LogP) is 3.00. The standard InChI is InChI=1S/C15H17BrN2O2/c16-13-10-12(15(17-11-19)4-1-5-15)2-3-14(13)18-6-8-20-9-7-18/h2-3,10H,1,4-9H2. The number of nitrogens with zero attached hydrogens (tertiary/aromatic N) is 2. The van der Waals surface area contributed by atoms with Crippen LogP contribution in [0, 0.1) is 0 Å². The van der Waals surface area contributed by atoms with Crippen LogP contribution < -0.4 is 4.90 Å². The maximum Gasteiger partial charge on any atom is 0.235 e. The fraction of sp³-hybridized carbons (Fsp3) is 0.533.